The van der Waals surface area contributed by atoms with Crippen LogP contribution in [0.25, 0.3) is 0 Å². The van der Waals surface area contributed by atoms with Crippen LogP contribution < -0.4 is 5.32 Å². The van der Waals surface area contributed by atoms with E-state index in [1.54, 1.807) is 0 Å². The SMILES string of the molecule is CCC(CCl)(CCl)NCC1CCC1. The Morgan fingerprint density at radius 3 is 2.23 bits per heavy atom. The quantitative estimate of drug-likeness (QED) is 0.684. The third-order valence-electron chi connectivity index (χ3n) is 3.18. The summed E-state index contributed by atoms with van der Waals surface area (Å²) in [5.41, 5.74) is -0.0291. The van der Waals surface area contributed by atoms with Crippen molar-refractivity contribution in [3.05, 3.63) is 0 Å². The summed E-state index contributed by atoms with van der Waals surface area (Å²) in [5.74, 6) is 2.09. The largest absolute Gasteiger partial charge is 0.309 e. The van der Waals surface area contributed by atoms with Crippen LogP contribution in [-0.4, -0.2) is 23.8 Å². The van der Waals surface area contributed by atoms with Crippen LogP contribution in [0.1, 0.15) is 32.6 Å². The van der Waals surface area contributed by atoms with Crippen molar-refractivity contribution >= 4 is 23.2 Å². The van der Waals surface area contributed by atoms with Gasteiger partial charge in [0.05, 0.1) is 0 Å². The second-order valence-corrected chi connectivity index (χ2v) is 4.61. The molecule has 0 saturated heterocycles. The van der Waals surface area contributed by atoms with Crippen molar-refractivity contribution in [2.45, 2.75) is 38.1 Å². The van der Waals surface area contributed by atoms with Gasteiger partial charge in [-0.25, -0.2) is 0 Å². The number of rotatable bonds is 6. The minimum absolute atomic E-state index is 0.0291. The number of nitrogens with one attached hydrogen (secondary N) is 1. The van der Waals surface area contributed by atoms with Crippen molar-refractivity contribution in [3.8, 4) is 0 Å². The Balaban J connectivity index is 2.27. The maximum atomic E-state index is 5.92. The van der Waals surface area contributed by atoms with Gasteiger partial charge in [0.15, 0.2) is 0 Å². The van der Waals surface area contributed by atoms with Gasteiger partial charge in [-0.3, -0.25) is 0 Å². The monoisotopic (exact) mass is 223 g/mol. The molecule has 0 aliphatic heterocycles. The Morgan fingerprint density at radius 1 is 1.31 bits per heavy atom. The summed E-state index contributed by atoms with van der Waals surface area (Å²) in [7, 11) is 0. The van der Waals surface area contributed by atoms with Gasteiger partial charge in [0.25, 0.3) is 0 Å². The highest BCUT2D eigenvalue weighted by Gasteiger charge is 2.27. The average molecular weight is 224 g/mol. The zero-order valence-corrected chi connectivity index (χ0v) is 9.79. The Labute approximate surface area is 91.2 Å². The summed E-state index contributed by atoms with van der Waals surface area (Å²) >= 11 is 11.8. The standard InChI is InChI=1S/C10H19Cl2N/c1-2-10(7-11,8-12)13-6-9-4-3-5-9/h9,13H,2-8H2,1H3. The molecule has 0 aromatic rings. The topological polar surface area (TPSA) is 12.0 Å². The highest BCUT2D eigenvalue weighted by Crippen LogP contribution is 2.26. The van der Waals surface area contributed by atoms with E-state index in [1.165, 1.54) is 19.3 Å². The highest BCUT2D eigenvalue weighted by atomic mass is 35.5. The minimum Gasteiger partial charge on any atom is -0.309 e. The lowest BCUT2D eigenvalue weighted by atomic mass is 9.84. The zero-order valence-electron chi connectivity index (χ0n) is 8.28. The molecule has 0 aromatic heterocycles. The summed E-state index contributed by atoms with van der Waals surface area (Å²) in [4.78, 5) is 0. The van der Waals surface area contributed by atoms with E-state index in [0.29, 0.717) is 11.8 Å². The molecular weight excluding hydrogens is 205 g/mol. The second kappa shape index (κ2) is 5.43. The zero-order chi connectivity index (χ0) is 9.73. The molecule has 0 radical (unpaired) electrons. The van der Waals surface area contributed by atoms with Gasteiger partial charge in [-0.15, -0.1) is 23.2 Å². The maximum Gasteiger partial charge on any atom is 0.0451 e. The summed E-state index contributed by atoms with van der Waals surface area (Å²) in [5, 5.41) is 3.52. The molecule has 0 atom stereocenters. The van der Waals surface area contributed by atoms with Gasteiger partial charge in [0, 0.05) is 17.3 Å². The molecule has 1 aliphatic rings. The third kappa shape index (κ3) is 3.00. The van der Waals surface area contributed by atoms with Crippen LogP contribution in [0.15, 0.2) is 0 Å². The van der Waals surface area contributed by atoms with Crippen LogP contribution in [0.2, 0.25) is 0 Å². The van der Waals surface area contributed by atoms with Gasteiger partial charge in [-0.05, 0) is 31.7 Å². The van der Waals surface area contributed by atoms with E-state index in [2.05, 4.69) is 12.2 Å². The number of hydrogen-bond acceptors (Lipinski definition) is 1. The fourth-order valence-electron chi connectivity index (χ4n) is 1.50. The molecule has 0 unspecified atom stereocenters. The molecule has 1 nitrogen and oxygen atoms in total. The average Bonchev–Trinajstić information content (AvgIpc) is 2.11. The maximum absolute atomic E-state index is 5.92. The van der Waals surface area contributed by atoms with Crippen molar-refractivity contribution in [2.75, 3.05) is 18.3 Å². The second-order valence-electron chi connectivity index (χ2n) is 4.08. The fraction of sp³-hybridized carbons (Fsp3) is 1.00. The predicted molar refractivity (Wildman–Crippen MR) is 59.8 cm³/mol. The van der Waals surface area contributed by atoms with E-state index in [9.17, 15) is 0 Å². The van der Waals surface area contributed by atoms with Gasteiger partial charge in [-0.1, -0.05) is 13.3 Å². The van der Waals surface area contributed by atoms with E-state index >= 15 is 0 Å². The van der Waals surface area contributed by atoms with Gasteiger partial charge >= 0.3 is 0 Å². The summed E-state index contributed by atoms with van der Waals surface area (Å²) in [6.07, 6.45) is 5.15. The highest BCUT2D eigenvalue weighted by molar-refractivity contribution is 6.22. The molecule has 1 fully saturated rings. The molecule has 0 bridgehead atoms. The van der Waals surface area contributed by atoms with E-state index in [0.717, 1.165) is 18.9 Å². The Kier molecular flexibility index (Phi) is 4.85. The van der Waals surface area contributed by atoms with Crippen LogP contribution >= 0.6 is 23.2 Å². The molecule has 0 aromatic carbocycles. The molecule has 13 heavy (non-hydrogen) atoms. The minimum atomic E-state index is -0.0291. The Hall–Kier alpha value is 0.540. The third-order valence-corrected chi connectivity index (χ3v) is 4.20. The van der Waals surface area contributed by atoms with Gasteiger partial charge in [0.2, 0.25) is 0 Å². The molecule has 3 heteroatoms. The Morgan fingerprint density at radius 2 is 1.92 bits per heavy atom. The van der Waals surface area contributed by atoms with Crippen LogP contribution in [0.3, 0.4) is 0 Å². The summed E-state index contributed by atoms with van der Waals surface area (Å²) in [6.45, 7) is 3.23. The first-order valence-corrected chi connectivity index (χ1v) is 6.20. The van der Waals surface area contributed by atoms with E-state index in [-0.39, 0.29) is 5.54 Å². The molecule has 1 N–H and O–H groups in total. The first kappa shape index (κ1) is 11.6. The smallest absolute Gasteiger partial charge is 0.0451 e. The number of halogens is 2. The van der Waals surface area contributed by atoms with E-state index < -0.39 is 0 Å². The molecule has 1 rings (SSSR count). The lowest BCUT2D eigenvalue weighted by Gasteiger charge is -2.34. The number of hydrogen-bond donors (Lipinski definition) is 1. The molecule has 0 amide bonds. The van der Waals surface area contributed by atoms with E-state index in [4.69, 9.17) is 23.2 Å². The summed E-state index contributed by atoms with van der Waals surface area (Å²) in [6, 6.07) is 0. The van der Waals surface area contributed by atoms with Crippen molar-refractivity contribution in [1.82, 2.24) is 5.32 Å². The molecule has 0 heterocycles. The van der Waals surface area contributed by atoms with Crippen LogP contribution in [0.5, 0.6) is 0 Å². The van der Waals surface area contributed by atoms with Crippen LogP contribution in [-0.2, 0) is 0 Å². The fourth-order valence-corrected chi connectivity index (χ4v) is 2.35. The van der Waals surface area contributed by atoms with E-state index in [1.807, 2.05) is 0 Å². The first-order valence-electron chi connectivity index (χ1n) is 5.13. The lowest BCUT2D eigenvalue weighted by Crippen LogP contribution is -2.50. The Bertz CT molecular complexity index is 134. The van der Waals surface area contributed by atoms with Crippen molar-refractivity contribution in [1.29, 1.82) is 0 Å². The molecule has 1 saturated carbocycles. The molecule has 0 spiro atoms. The van der Waals surface area contributed by atoms with Crippen molar-refractivity contribution in [3.63, 3.8) is 0 Å². The summed E-state index contributed by atoms with van der Waals surface area (Å²) < 4.78 is 0. The first-order chi connectivity index (χ1) is 6.26. The number of alkyl halides is 2. The van der Waals surface area contributed by atoms with Crippen molar-refractivity contribution in [2.24, 2.45) is 5.92 Å². The molecule has 1 aliphatic carbocycles. The van der Waals surface area contributed by atoms with Crippen LogP contribution in [0, 0.1) is 5.92 Å². The van der Waals surface area contributed by atoms with Gasteiger partial charge in [-0.2, -0.15) is 0 Å². The molecule has 78 valence electrons. The van der Waals surface area contributed by atoms with Gasteiger partial charge in [0.1, 0.15) is 0 Å². The van der Waals surface area contributed by atoms with Gasteiger partial charge < -0.3 is 5.32 Å². The molecular formula is C10H19Cl2N. The van der Waals surface area contributed by atoms with Crippen molar-refractivity contribution < 1.29 is 0 Å². The van der Waals surface area contributed by atoms with Crippen LogP contribution in [0.4, 0.5) is 0 Å². The predicted octanol–water partition coefficient (Wildman–Crippen LogP) is 3.00. The normalized spacial score (nSPS) is 18.7. The lowest BCUT2D eigenvalue weighted by molar-refractivity contribution is 0.262.